The number of rotatable bonds is 7. The molecule has 1 N–H and O–H groups in total. The summed E-state index contributed by atoms with van der Waals surface area (Å²) in [6, 6.07) is 3.82. The summed E-state index contributed by atoms with van der Waals surface area (Å²) < 4.78 is 20.1. The Morgan fingerprint density at radius 1 is 1.36 bits per heavy atom. The molecule has 1 atom stereocenters. The normalized spacial score (nSPS) is 15.2. The minimum atomic E-state index is -0.626. The molecule has 1 amide bonds. The zero-order valence-electron chi connectivity index (χ0n) is 15.9. The van der Waals surface area contributed by atoms with Gasteiger partial charge in [0.1, 0.15) is 17.6 Å². The van der Waals surface area contributed by atoms with Crippen molar-refractivity contribution in [1.29, 1.82) is 0 Å². The number of nitrogens with zero attached hydrogens (tertiary/aromatic N) is 2. The van der Waals surface area contributed by atoms with Gasteiger partial charge < -0.3 is 19.5 Å². The molecule has 0 radical (unpaired) electrons. The predicted octanol–water partition coefficient (Wildman–Crippen LogP) is 3.09. The van der Waals surface area contributed by atoms with Gasteiger partial charge in [0.25, 0.3) is 0 Å². The summed E-state index contributed by atoms with van der Waals surface area (Å²) in [5.74, 6) is 0.440. The molecule has 3 rings (SSSR count). The molecule has 1 aliphatic rings. The lowest BCUT2D eigenvalue weighted by molar-refractivity contribution is -0.111. The van der Waals surface area contributed by atoms with Crippen molar-refractivity contribution < 1.29 is 23.8 Å². The van der Waals surface area contributed by atoms with Crippen LogP contribution in [0.5, 0.6) is 11.5 Å². The van der Waals surface area contributed by atoms with E-state index in [1.165, 1.54) is 6.08 Å². The van der Waals surface area contributed by atoms with Crippen LogP contribution < -0.4 is 14.8 Å². The fourth-order valence-corrected chi connectivity index (χ4v) is 3.35. The Morgan fingerprint density at radius 3 is 2.93 bits per heavy atom. The third-order valence-electron chi connectivity index (χ3n) is 3.94. The second kappa shape index (κ2) is 8.83. The lowest BCUT2D eigenvalue weighted by atomic mass is 10.1. The van der Waals surface area contributed by atoms with Crippen LogP contribution in [0.1, 0.15) is 42.4 Å². The fourth-order valence-electron chi connectivity index (χ4n) is 2.79. The maximum atomic E-state index is 12.3. The number of anilines is 1. The first-order valence-electron chi connectivity index (χ1n) is 8.96. The van der Waals surface area contributed by atoms with E-state index in [0.717, 1.165) is 34.8 Å². The van der Waals surface area contributed by atoms with Crippen molar-refractivity contribution >= 4 is 34.5 Å². The Morgan fingerprint density at radius 2 is 2.18 bits per heavy atom. The van der Waals surface area contributed by atoms with Gasteiger partial charge in [-0.3, -0.25) is 4.79 Å². The summed E-state index contributed by atoms with van der Waals surface area (Å²) in [7, 11) is 0. The van der Waals surface area contributed by atoms with E-state index in [2.05, 4.69) is 14.9 Å². The van der Waals surface area contributed by atoms with Crippen LogP contribution >= 0.6 is 11.5 Å². The summed E-state index contributed by atoms with van der Waals surface area (Å²) in [6.45, 7) is 6.32. The number of fused-ring (bicyclic) bond motifs is 1. The molecule has 0 aliphatic carbocycles. The number of ether oxygens (including phenoxy) is 3. The van der Waals surface area contributed by atoms with Gasteiger partial charge in [-0.15, -0.1) is 5.10 Å². The highest BCUT2D eigenvalue weighted by Crippen LogP contribution is 2.35. The lowest BCUT2D eigenvalue weighted by Crippen LogP contribution is -2.12. The Hall–Kier alpha value is -2.94. The molecule has 0 saturated heterocycles. The van der Waals surface area contributed by atoms with Crippen molar-refractivity contribution in [1.82, 2.24) is 9.59 Å². The summed E-state index contributed by atoms with van der Waals surface area (Å²) in [5.41, 5.74) is 1.81. The molecule has 28 heavy (non-hydrogen) atoms. The summed E-state index contributed by atoms with van der Waals surface area (Å²) >= 11 is 0.909. The molecule has 8 nitrogen and oxygen atoms in total. The molecule has 1 aromatic heterocycles. The molecular formula is C19H21N3O5S. The van der Waals surface area contributed by atoms with Crippen LogP contribution in [-0.2, 0) is 16.0 Å². The van der Waals surface area contributed by atoms with E-state index in [0.29, 0.717) is 12.4 Å². The van der Waals surface area contributed by atoms with Crippen LogP contribution in [0.15, 0.2) is 18.2 Å². The largest absolute Gasteiger partial charge is 0.493 e. The molecule has 0 bridgehead atoms. The smallest absolute Gasteiger partial charge is 0.362 e. The van der Waals surface area contributed by atoms with Crippen molar-refractivity contribution in [3.63, 3.8) is 0 Å². The minimum Gasteiger partial charge on any atom is -0.493 e. The van der Waals surface area contributed by atoms with E-state index in [9.17, 15) is 9.59 Å². The third-order valence-corrected chi connectivity index (χ3v) is 4.58. The average Bonchev–Trinajstić information content (AvgIpc) is 3.25. The monoisotopic (exact) mass is 403 g/mol. The van der Waals surface area contributed by atoms with Gasteiger partial charge in [0.15, 0.2) is 5.00 Å². The quantitative estimate of drug-likeness (QED) is 0.560. The fraction of sp³-hybridized carbons (Fsp3) is 0.368. The van der Waals surface area contributed by atoms with Gasteiger partial charge in [-0.2, -0.15) is 0 Å². The van der Waals surface area contributed by atoms with Gasteiger partial charge >= 0.3 is 5.97 Å². The summed E-state index contributed by atoms with van der Waals surface area (Å²) in [4.78, 5) is 24.1. The molecule has 2 aromatic rings. The van der Waals surface area contributed by atoms with Crippen LogP contribution in [0.3, 0.4) is 0 Å². The van der Waals surface area contributed by atoms with E-state index in [1.54, 1.807) is 13.0 Å². The molecule has 148 valence electrons. The number of nitrogens with one attached hydrogen (secondary N) is 1. The first kappa shape index (κ1) is 19.8. The van der Waals surface area contributed by atoms with Gasteiger partial charge in [-0.25, -0.2) is 4.79 Å². The highest BCUT2D eigenvalue weighted by Gasteiger charge is 2.22. The number of esters is 1. The number of aromatic nitrogens is 2. The zero-order valence-corrected chi connectivity index (χ0v) is 16.7. The van der Waals surface area contributed by atoms with E-state index in [-0.39, 0.29) is 23.4 Å². The molecule has 1 unspecified atom stereocenters. The van der Waals surface area contributed by atoms with E-state index in [1.807, 2.05) is 26.0 Å². The second-order valence-corrected chi connectivity index (χ2v) is 6.81. The van der Waals surface area contributed by atoms with E-state index < -0.39 is 11.9 Å². The number of benzene rings is 1. The number of hydrogen-bond acceptors (Lipinski definition) is 8. The number of amides is 1. The summed E-state index contributed by atoms with van der Waals surface area (Å²) in [5, 5.41) is 6.56. The lowest BCUT2D eigenvalue weighted by Gasteiger charge is -2.10. The Balaban J connectivity index is 1.75. The number of hydrogen-bond donors (Lipinski definition) is 1. The first-order chi connectivity index (χ1) is 13.5. The molecule has 9 heteroatoms. The van der Waals surface area contributed by atoms with Crippen molar-refractivity contribution in [3.05, 3.63) is 35.0 Å². The SMILES string of the molecule is CCOC(=O)c1nnsc1NC(=O)/C=C/c1cc2c(cc1OCC)CC(C)O2. The molecule has 0 saturated carbocycles. The third kappa shape index (κ3) is 4.48. The van der Waals surface area contributed by atoms with Crippen molar-refractivity contribution in [2.24, 2.45) is 0 Å². The second-order valence-electron chi connectivity index (χ2n) is 6.06. The first-order valence-corrected chi connectivity index (χ1v) is 9.74. The van der Waals surface area contributed by atoms with Gasteiger partial charge in [-0.1, -0.05) is 4.49 Å². The molecule has 0 fully saturated rings. The van der Waals surface area contributed by atoms with Gasteiger partial charge in [0.05, 0.1) is 13.2 Å². The maximum Gasteiger partial charge on any atom is 0.362 e. The van der Waals surface area contributed by atoms with Crippen LogP contribution in [0.25, 0.3) is 6.08 Å². The maximum absolute atomic E-state index is 12.3. The van der Waals surface area contributed by atoms with Crippen molar-refractivity contribution in [2.45, 2.75) is 33.3 Å². The Labute approximate surface area is 166 Å². The highest BCUT2D eigenvalue weighted by atomic mass is 32.1. The van der Waals surface area contributed by atoms with Gasteiger partial charge in [0.2, 0.25) is 11.6 Å². The average molecular weight is 403 g/mol. The van der Waals surface area contributed by atoms with E-state index in [4.69, 9.17) is 14.2 Å². The van der Waals surface area contributed by atoms with Crippen LogP contribution in [0.2, 0.25) is 0 Å². The number of carbonyl (C=O) groups excluding carboxylic acids is 2. The van der Waals surface area contributed by atoms with Crippen LogP contribution in [0, 0.1) is 0 Å². The van der Waals surface area contributed by atoms with Crippen LogP contribution in [0.4, 0.5) is 5.00 Å². The Bertz CT molecular complexity index is 909. The zero-order chi connectivity index (χ0) is 20.1. The molecular weight excluding hydrogens is 382 g/mol. The van der Waals surface area contributed by atoms with Crippen molar-refractivity contribution in [3.8, 4) is 11.5 Å². The molecule has 0 spiro atoms. The topological polar surface area (TPSA) is 99.6 Å². The van der Waals surface area contributed by atoms with E-state index >= 15 is 0 Å². The number of carbonyl (C=O) groups is 2. The van der Waals surface area contributed by atoms with Crippen molar-refractivity contribution in [2.75, 3.05) is 18.5 Å². The summed E-state index contributed by atoms with van der Waals surface area (Å²) in [6.07, 6.45) is 3.95. The molecule has 1 aliphatic heterocycles. The highest BCUT2D eigenvalue weighted by molar-refractivity contribution is 7.10. The minimum absolute atomic E-state index is 0.0106. The predicted molar refractivity (Wildman–Crippen MR) is 105 cm³/mol. The Kier molecular flexibility index (Phi) is 6.25. The standard InChI is InChI=1S/C19H21N3O5S/c1-4-25-14-10-13-8-11(3)27-15(13)9-12(14)6-7-16(23)20-18-17(21-22-28-18)19(24)26-5-2/h6-7,9-11H,4-5,8H2,1-3H3,(H,20,23)/b7-6+. The molecule has 1 aromatic carbocycles. The van der Waals surface area contributed by atoms with Gasteiger partial charge in [-0.05, 0) is 39.0 Å². The van der Waals surface area contributed by atoms with Crippen LogP contribution in [-0.4, -0.2) is 40.8 Å². The molecule has 2 heterocycles. The van der Waals surface area contributed by atoms with Gasteiger partial charge in [0, 0.05) is 35.2 Å².